The lowest BCUT2D eigenvalue weighted by molar-refractivity contribution is -0.118. The Morgan fingerprint density at radius 1 is 1.50 bits per heavy atom. The molecule has 4 nitrogen and oxygen atoms in total. The molecule has 124 valence electrons. The molecule has 1 heterocycles. The van der Waals surface area contributed by atoms with Crippen LogP contribution in [0.2, 0.25) is 5.02 Å². The molecule has 3 N–H and O–H groups in total. The van der Waals surface area contributed by atoms with Crippen LogP contribution >= 0.6 is 24.0 Å². The minimum atomic E-state index is -0.0116. The van der Waals surface area contributed by atoms with E-state index in [1.165, 1.54) is 6.42 Å². The number of benzene rings is 1. The Bertz CT molecular complexity index is 508. The van der Waals surface area contributed by atoms with Crippen LogP contribution < -0.4 is 11.1 Å². The third kappa shape index (κ3) is 5.13. The zero-order valence-corrected chi connectivity index (χ0v) is 14.7. The van der Waals surface area contributed by atoms with E-state index in [4.69, 9.17) is 17.3 Å². The molecule has 1 aromatic carbocycles. The lowest BCUT2D eigenvalue weighted by Gasteiger charge is -2.37. The molecule has 2 unspecified atom stereocenters. The first kappa shape index (κ1) is 19.2. The van der Waals surface area contributed by atoms with Crippen molar-refractivity contribution in [3.05, 3.63) is 28.8 Å². The van der Waals surface area contributed by atoms with Gasteiger partial charge in [-0.15, -0.1) is 12.4 Å². The maximum atomic E-state index is 12.2. The predicted octanol–water partition coefficient (Wildman–Crippen LogP) is 3.21. The molecule has 1 aliphatic rings. The molecule has 2 rings (SSSR count). The predicted molar refractivity (Wildman–Crippen MR) is 94.9 cm³/mol. The van der Waals surface area contributed by atoms with E-state index in [1.807, 2.05) is 26.0 Å². The van der Waals surface area contributed by atoms with Crippen molar-refractivity contribution >= 4 is 35.6 Å². The molecule has 0 radical (unpaired) electrons. The third-order valence-corrected chi connectivity index (χ3v) is 4.48. The number of hydrogen-bond donors (Lipinski definition) is 2. The van der Waals surface area contributed by atoms with Crippen LogP contribution in [0.15, 0.2) is 18.2 Å². The Morgan fingerprint density at radius 3 is 2.86 bits per heavy atom. The summed E-state index contributed by atoms with van der Waals surface area (Å²) in [4.78, 5) is 14.4. The summed E-state index contributed by atoms with van der Waals surface area (Å²) in [6.45, 7) is 5.28. The van der Waals surface area contributed by atoms with E-state index in [2.05, 4.69) is 10.2 Å². The van der Waals surface area contributed by atoms with Crippen molar-refractivity contribution in [3.8, 4) is 0 Å². The van der Waals surface area contributed by atoms with Gasteiger partial charge in [0.05, 0.1) is 6.54 Å². The number of aryl methyl sites for hydroxylation is 1. The Morgan fingerprint density at radius 2 is 2.23 bits per heavy atom. The number of halogens is 2. The summed E-state index contributed by atoms with van der Waals surface area (Å²) in [7, 11) is 0. The molecule has 0 aliphatic carbocycles. The van der Waals surface area contributed by atoms with E-state index in [0.717, 1.165) is 30.6 Å². The largest absolute Gasteiger partial charge is 0.327 e. The number of nitrogens with one attached hydrogen (secondary N) is 1. The first-order valence-electron chi connectivity index (χ1n) is 7.53. The third-order valence-electron chi connectivity index (χ3n) is 4.07. The average molecular weight is 346 g/mol. The van der Waals surface area contributed by atoms with Gasteiger partial charge in [0.15, 0.2) is 0 Å². The first-order valence-corrected chi connectivity index (χ1v) is 7.91. The zero-order valence-electron chi connectivity index (χ0n) is 13.1. The fourth-order valence-electron chi connectivity index (χ4n) is 2.86. The molecule has 0 bridgehead atoms. The Kier molecular flexibility index (Phi) is 7.63. The van der Waals surface area contributed by atoms with Gasteiger partial charge in [0.2, 0.25) is 5.91 Å². The molecule has 0 saturated carbocycles. The van der Waals surface area contributed by atoms with Crippen molar-refractivity contribution in [1.29, 1.82) is 0 Å². The van der Waals surface area contributed by atoms with E-state index in [0.29, 0.717) is 17.6 Å². The van der Waals surface area contributed by atoms with Crippen LogP contribution in [0.3, 0.4) is 0 Å². The van der Waals surface area contributed by atoms with Gasteiger partial charge >= 0.3 is 0 Å². The smallest absolute Gasteiger partial charge is 0.238 e. The van der Waals surface area contributed by atoms with Crippen LogP contribution in [0.5, 0.6) is 0 Å². The number of nitrogens with two attached hydrogens (primary N) is 1. The van der Waals surface area contributed by atoms with Crippen LogP contribution in [-0.4, -0.2) is 36.0 Å². The van der Waals surface area contributed by atoms with Crippen molar-refractivity contribution in [2.75, 3.05) is 18.4 Å². The highest BCUT2D eigenvalue weighted by atomic mass is 35.5. The van der Waals surface area contributed by atoms with E-state index in [-0.39, 0.29) is 24.4 Å². The molecular weight excluding hydrogens is 321 g/mol. The summed E-state index contributed by atoms with van der Waals surface area (Å²) in [5, 5.41) is 3.58. The van der Waals surface area contributed by atoms with E-state index < -0.39 is 0 Å². The fraction of sp³-hybridized carbons (Fsp3) is 0.562. The molecule has 2 atom stereocenters. The highest BCUT2D eigenvalue weighted by Crippen LogP contribution is 2.21. The van der Waals surface area contributed by atoms with Gasteiger partial charge in [-0.05, 0) is 50.9 Å². The lowest BCUT2D eigenvalue weighted by Crippen LogP contribution is -2.51. The van der Waals surface area contributed by atoms with E-state index >= 15 is 0 Å². The van der Waals surface area contributed by atoms with Crippen molar-refractivity contribution in [3.63, 3.8) is 0 Å². The first-order chi connectivity index (χ1) is 9.97. The number of likely N-dealkylation sites (tertiary alicyclic amines) is 1. The maximum absolute atomic E-state index is 12.2. The summed E-state index contributed by atoms with van der Waals surface area (Å²) in [5.74, 6) is -0.0116. The van der Waals surface area contributed by atoms with Gasteiger partial charge in [0.25, 0.3) is 0 Å². The number of carbonyl (C=O) groups excluding carboxylic acids is 1. The Balaban J connectivity index is 0.00000242. The van der Waals surface area contributed by atoms with Gasteiger partial charge < -0.3 is 11.1 Å². The molecule has 1 fully saturated rings. The summed E-state index contributed by atoms with van der Waals surface area (Å²) in [6.07, 6.45) is 3.39. The van der Waals surface area contributed by atoms with E-state index in [9.17, 15) is 4.79 Å². The van der Waals surface area contributed by atoms with Crippen LogP contribution in [0.4, 0.5) is 5.69 Å². The normalized spacial score (nSPS) is 20.1. The van der Waals surface area contributed by atoms with Crippen LogP contribution in [0, 0.1) is 6.92 Å². The SMILES string of the molecule is Cc1ccc(NC(=O)CN2CCCCC2C(C)N)cc1Cl.Cl. The van der Waals surface area contributed by atoms with Crippen LogP contribution in [0.1, 0.15) is 31.7 Å². The second-order valence-electron chi connectivity index (χ2n) is 5.90. The Labute approximate surface area is 143 Å². The van der Waals surface area contributed by atoms with Crippen molar-refractivity contribution in [2.24, 2.45) is 5.73 Å². The summed E-state index contributed by atoms with van der Waals surface area (Å²) < 4.78 is 0. The van der Waals surface area contributed by atoms with Gasteiger partial charge in [-0.25, -0.2) is 0 Å². The number of anilines is 1. The van der Waals surface area contributed by atoms with Gasteiger partial charge in [-0.2, -0.15) is 0 Å². The number of carbonyl (C=O) groups is 1. The summed E-state index contributed by atoms with van der Waals surface area (Å²) >= 11 is 6.08. The number of piperidine rings is 1. The van der Waals surface area contributed by atoms with E-state index in [1.54, 1.807) is 6.07 Å². The molecule has 0 aromatic heterocycles. The molecule has 1 aromatic rings. The van der Waals surface area contributed by atoms with Crippen LogP contribution in [-0.2, 0) is 4.79 Å². The summed E-state index contributed by atoms with van der Waals surface area (Å²) in [6, 6.07) is 5.95. The summed E-state index contributed by atoms with van der Waals surface area (Å²) in [5.41, 5.74) is 7.77. The Hall–Kier alpha value is -0.810. The quantitative estimate of drug-likeness (QED) is 0.880. The molecular formula is C16H25Cl2N3O. The lowest BCUT2D eigenvalue weighted by atomic mass is 9.97. The number of rotatable bonds is 4. The minimum Gasteiger partial charge on any atom is -0.327 e. The maximum Gasteiger partial charge on any atom is 0.238 e. The zero-order chi connectivity index (χ0) is 15.4. The monoisotopic (exact) mass is 345 g/mol. The highest BCUT2D eigenvalue weighted by Gasteiger charge is 2.26. The molecule has 22 heavy (non-hydrogen) atoms. The van der Waals surface area contributed by atoms with Gasteiger partial charge in [0.1, 0.15) is 0 Å². The molecule has 6 heteroatoms. The number of hydrogen-bond acceptors (Lipinski definition) is 3. The molecule has 1 aliphatic heterocycles. The van der Waals surface area contributed by atoms with Crippen molar-refractivity contribution in [1.82, 2.24) is 4.90 Å². The second kappa shape index (κ2) is 8.73. The van der Waals surface area contributed by atoms with Gasteiger partial charge in [-0.1, -0.05) is 24.1 Å². The van der Waals surface area contributed by atoms with Gasteiger partial charge in [-0.3, -0.25) is 9.69 Å². The number of amides is 1. The topological polar surface area (TPSA) is 58.4 Å². The van der Waals surface area contributed by atoms with Crippen molar-refractivity contribution < 1.29 is 4.79 Å². The second-order valence-corrected chi connectivity index (χ2v) is 6.31. The standard InChI is InChI=1S/C16H24ClN3O.ClH/c1-11-6-7-13(9-14(11)17)19-16(21)10-20-8-4-3-5-15(20)12(2)18;/h6-7,9,12,15H,3-5,8,10,18H2,1-2H3,(H,19,21);1H. The number of nitrogens with zero attached hydrogens (tertiary/aromatic N) is 1. The fourth-order valence-corrected chi connectivity index (χ4v) is 3.04. The molecule has 0 spiro atoms. The van der Waals surface area contributed by atoms with Gasteiger partial charge in [0, 0.05) is 22.8 Å². The van der Waals surface area contributed by atoms with Crippen LogP contribution in [0.25, 0.3) is 0 Å². The minimum absolute atomic E-state index is 0. The molecule has 1 amide bonds. The molecule has 1 saturated heterocycles. The highest BCUT2D eigenvalue weighted by molar-refractivity contribution is 6.31. The van der Waals surface area contributed by atoms with Crippen molar-refractivity contribution in [2.45, 2.75) is 45.2 Å². The average Bonchev–Trinajstić information content (AvgIpc) is 2.43.